The molecule has 0 aromatic rings. The van der Waals surface area contributed by atoms with Crippen LogP contribution in [0.15, 0.2) is 0 Å². The third-order valence-corrected chi connectivity index (χ3v) is 2.64. The van der Waals surface area contributed by atoms with Crippen LogP contribution in [0.4, 0.5) is 0 Å². The predicted molar refractivity (Wildman–Crippen MR) is 44.9 cm³/mol. The van der Waals surface area contributed by atoms with Gasteiger partial charge in [-0.05, 0) is 27.7 Å². The zero-order valence-corrected chi connectivity index (χ0v) is 8.44. The van der Waals surface area contributed by atoms with Crippen LogP contribution < -0.4 is 0 Å². The monoisotopic (exact) mass is 188 g/mol. The van der Waals surface area contributed by atoms with Gasteiger partial charge in [-0.2, -0.15) is 0 Å². The Morgan fingerprint density at radius 1 is 0.615 bits per heavy atom. The maximum absolute atomic E-state index is 5.50. The Morgan fingerprint density at radius 2 is 0.846 bits per heavy atom. The molecule has 4 unspecified atom stereocenters. The van der Waals surface area contributed by atoms with Crippen molar-refractivity contribution in [3.05, 3.63) is 0 Å². The summed E-state index contributed by atoms with van der Waals surface area (Å²) in [6, 6.07) is 0. The van der Waals surface area contributed by atoms with Crippen molar-refractivity contribution in [3.8, 4) is 0 Å². The molecule has 2 heterocycles. The average Bonchev–Trinajstić information content (AvgIpc) is 2.39. The fraction of sp³-hybridized carbons (Fsp3) is 1.00. The summed E-state index contributed by atoms with van der Waals surface area (Å²) in [6.07, 6.45) is -1.18. The van der Waals surface area contributed by atoms with Crippen molar-refractivity contribution in [3.63, 3.8) is 0 Å². The summed E-state index contributed by atoms with van der Waals surface area (Å²) in [5, 5.41) is 0. The van der Waals surface area contributed by atoms with Crippen molar-refractivity contribution in [1.82, 2.24) is 0 Å². The Labute approximate surface area is 78.1 Å². The zero-order chi connectivity index (χ0) is 9.64. The quantitative estimate of drug-likeness (QED) is 0.573. The van der Waals surface area contributed by atoms with Crippen LogP contribution in [0.25, 0.3) is 0 Å². The molecule has 4 nitrogen and oxygen atoms in total. The van der Waals surface area contributed by atoms with Crippen LogP contribution in [0.2, 0.25) is 0 Å². The first kappa shape index (κ1) is 9.40. The highest BCUT2D eigenvalue weighted by Gasteiger charge is 2.54. The van der Waals surface area contributed by atoms with Gasteiger partial charge in [-0.15, -0.1) is 0 Å². The van der Waals surface area contributed by atoms with Crippen molar-refractivity contribution in [1.29, 1.82) is 0 Å². The van der Waals surface area contributed by atoms with Crippen LogP contribution >= 0.6 is 0 Å². The molecule has 1 spiro atoms. The molecule has 0 aromatic carbocycles. The minimum absolute atomic E-state index is 0.0116. The summed E-state index contributed by atoms with van der Waals surface area (Å²) < 4.78 is 22.0. The summed E-state index contributed by atoms with van der Waals surface area (Å²) in [4.78, 5) is 0. The molecule has 0 bridgehead atoms. The molecule has 0 saturated carbocycles. The van der Waals surface area contributed by atoms with Crippen molar-refractivity contribution in [2.24, 2.45) is 0 Å². The predicted octanol–water partition coefficient (Wildman–Crippen LogP) is 1.25. The zero-order valence-electron chi connectivity index (χ0n) is 8.44. The number of hydrogen-bond acceptors (Lipinski definition) is 4. The lowest BCUT2D eigenvalue weighted by Crippen LogP contribution is -2.32. The number of ether oxygens (including phenoxy) is 4. The molecule has 2 fully saturated rings. The van der Waals surface area contributed by atoms with Gasteiger partial charge in [0.05, 0.1) is 24.4 Å². The van der Waals surface area contributed by atoms with E-state index >= 15 is 0 Å². The molecule has 2 aliphatic rings. The van der Waals surface area contributed by atoms with Gasteiger partial charge in [-0.25, -0.2) is 0 Å². The van der Waals surface area contributed by atoms with Crippen LogP contribution in [0, 0.1) is 0 Å². The minimum atomic E-state index is -1.22. The summed E-state index contributed by atoms with van der Waals surface area (Å²) in [6.45, 7) is 7.78. The average molecular weight is 188 g/mol. The van der Waals surface area contributed by atoms with Crippen LogP contribution in [0.5, 0.6) is 0 Å². The molecule has 76 valence electrons. The van der Waals surface area contributed by atoms with E-state index in [1.165, 1.54) is 0 Å². The summed E-state index contributed by atoms with van der Waals surface area (Å²) in [5.41, 5.74) is 0. The molecule has 0 aliphatic carbocycles. The van der Waals surface area contributed by atoms with Crippen LogP contribution in [-0.2, 0) is 18.9 Å². The maximum Gasteiger partial charge on any atom is 0.414 e. The van der Waals surface area contributed by atoms with Gasteiger partial charge in [0.2, 0.25) is 0 Å². The molecule has 0 radical (unpaired) electrons. The lowest BCUT2D eigenvalue weighted by atomic mass is 10.3. The molecule has 13 heavy (non-hydrogen) atoms. The van der Waals surface area contributed by atoms with Gasteiger partial charge in [0.1, 0.15) is 0 Å². The highest BCUT2D eigenvalue weighted by atomic mass is 17.1. The normalized spacial score (nSPS) is 56.3. The van der Waals surface area contributed by atoms with Gasteiger partial charge in [-0.1, -0.05) is 0 Å². The molecular formula is C9H16O4. The van der Waals surface area contributed by atoms with E-state index in [0.717, 1.165) is 0 Å². The van der Waals surface area contributed by atoms with Gasteiger partial charge in [0.25, 0.3) is 0 Å². The van der Waals surface area contributed by atoms with E-state index in [-0.39, 0.29) is 24.4 Å². The largest absolute Gasteiger partial charge is 0.414 e. The van der Waals surface area contributed by atoms with E-state index in [1.807, 2.05) is 27.7 Å². The third-order valence-electron chi connectivity index (χ3n) is 2.64. The molecule has 2 saturated heterocycles. The van der Waals surface area contributed by atoms with Crippen LogP contribution in [-0.4, -0.2) is 30.6 Å². The molecular weight excluding hydrogens is 172 g/mol. The maximum atomic E-state index is 5.50. The Kier molecular flexibility index (Phi) is 2.11. The molecule has 2 rings (SSSR count). The second kappa shape index (κ2) is 2.92. The van der Waals surface area contributed by atoms with Crippen LogP contribution in [0.3, 0.4) is 0 Å². The minimum Gasteiger partial charge on any atom is -0.297 e. The second-order valence-corrected chi connectivity index (χ2v) is 3.79. The Balaban J connectivity index is 2.08. The van der Waals surface area contributed by atoms with Gasteiger partial charge in [0.15, 0.2) is 0 Å². The van der Waals surface area contributed by atoms with E-state index < -0.39 is 6.16 Å². The fourth-order valence-corrected chi connectivity index (χ4v) is 1.46. The van der Waals surface area contributed by atoms with Gasteiger partial charge in [-0.3, -0.25) is 18.9 Å². The van der Waals surface area contributed by atoms with E-state index in [0.29, 0.717) is 0 Å². The third kappa shape index (κ3) is 1.48. The highest BCUT2D eigenvalue weighted by molar-refractivity contribution is 4.77. The first-order valence-corrected chi connectivity index (χ1v) is 4.74. The summed E-state index contributed by atoms with van der Waals surface area (Å²) >= 11 is 0. The fourth-order valence-electron chi connectivity index (χ4n) is 1.46. The van der Waals surface area contributed by atoms with Crippen molar-refractivity contribution in [2.75, 3.05) is 0 Å². The standard InChI is InChI=1S/C9H16O4/c1-5-6(2)11-9(10-5)12-7(3)8(4)13-9/h5-8H,1-4H3. The van der Waals surface area contributed by atoms with Crippen LogP contribution in [0.1, 0.15) is 27.7 Å². The summed E-state index contributed by atoms with van der Waals surface area (Å²) in [7, 11) is 0. The van der Waals surface area contributed by atoms with Crippen molar-refractivity contribution < 1.29 is 18.9 Å². The molecule has 0 aromatic heterocycles. The molecule has 4 heteroatoms. The van der Waals surface area contributed by atoms with Crippen molar-refractivity contribution >= 4 is 0 Å². The molecule has 0 amide bonds. The van der Waals surface area contributed by atoms with Crippen molar-refractivity contribution in [2.45, 2.75) is 58.3 Å². The van der Waals surface area contributed by atoms with Gasteiger partial charge >= 0.3 is 6.16 Å². The first-order valence-electron chi connectivity index (χ1n) is 4.74. The lowest BCUT2D eigenvalue weighted by molar-refractivity contribution is -0.437. The van der Waals surface area contributed by atoms with E-state index in [4.69, 9.17) is 18.9 Å². The van der Waals surface area contributed by atoms with Gasteiger partial charge in [0, 0.05) is 0 Å². The Hall–Kier alpha value is -0.160. The highest BCUT2D eigenvalue weighted by Crippen LogP contribution is 2.38. The number of rotatable bonds is 0. The number of hydrogen-bond donors (Lipinski definition) is 0. The van der Waals surface area contributed by atoms with E-state index in [1.54, 1.807) is 0 Å². The topological polar surface area (TPSA) is 36.9 Å². The van der Waals surface area contributed by atoms with Gasteiger partial charge < -0.3 is 0 Å². The Bertz CT molecular complexity index is 160. The first-order chi connectivity index (χ1) is 6.02. The van der Waals surface area contributed by atoms with E-state index in [9.17, 15) is 0 Å². The lowest BCUT2D eigenvalue weighted by Gasteiger charge is -2.19. The SMILES string of the molecule is CC1OC2(OC1C)OC(C)C(C)O2. The van der Waals surface area contributed by atoms with E-state index in [2.05, 4.69) is 0 Å². The smallest absolute Gasteiger partial charge is 0.297 e. The molecule has 0 N–H and O–H groups in total. The summed E-state index contributed by atoms with van der Waals surface area (Å²) in [5.74, 6) is 0. The molecule has 4 atom stereocenters. The molecule has 2 aliphatic heterocycles. The second-order valence-electron chi connectivity index (χ2n) is 3.79. The Morgan fingerprint density at radius 3 is 1.08 bits per heavy atom.